The quantitative estimate of drug-likeness (QED) is 0.580. The average Bonchev–Trinajstić information content (AvgIpc) is 2.96. The van der Waals surface area contributed by atoms with Crippen LogP contribution in [-0.4, -0.2) is 24.6 Å². The summed E-state index contributed by atoms with van der Waals surface area (Å²) in [6, 6.07) is 9.03. The highest BCUT2D eigenvalue weighted by Gasteiger charge is 2.31. The number of hydrogen-bond donors (Lipinski definition) is 1. The minimum absolute atomic E-state index is 0.124. The molecule has 0 unspecified atom stereocenters. The smallest absolute Gasteiger partial charge is 0.229 e. The summed E-state index contributed by atoms with van der Waals surface area (Å²) in [4.78, 5) is 17.6. The third kappa shape index (κ3) is 2.02. The molecule has 5 nitrogen and oxygen atoms in total. The van der Waals surface area contributed by atoms with E-state index in [0.717, 1.165) is 12.0 Å². The molecular formula is C15H14N2O3. The molecule has 3 rings (SSSR count). The zero-order valence-electron chi connectivity index (χ0n) is 10.8. The number of nitrogens with two attached hydrogens (primary N) is 1. The van der Waals surface area contributed by atoms with E-state index >= 15 is 0 Å². The first-order valence-corrected chi connectivity index (χ1v) is 6.45. The van der Waals surface area contributed by atoms with Crippen LogP contribution in [-0.2, 0) is 4.84 Å². The van der Waals surface area contributed by atoms with Crippen molar-refractivity contribution in [2.45, 2.75) is 6.42 Å². The van der Waals surface area contributed by atoms with Crippen LogP contribution < -0.4 is 5.73 Å². The van der Waals surface area contributed by atoms with E-state index < -0.39 is 0 Å². The van der Waals surface area contributed by atoms with E-state index in [9.17, 15) is 4.79 Å². The molecule has 1 aliphatic rings. The molecule has 5 heteroatoms. The Hall–Kier alpha value is -2.40. The fourth-order valence-corrected chi connectivity index (χ4v) is 2.18. The molecule has 20 heavy (non-hydrogen) atoms. The summed E-state index contributed by atoms with van der Waals surface area (Å²) in [7, 11) is 0. The number of rotatable bonds is 4. The Labute approximate surface area is 116 Å². The van der Waals surface area contributed by atoms with Crippen LogP contribution in [0.4, 0.5) is 0 Å². The van der Waals surface area contributed by atoms with Crippen molar-refractivity contribution in [3.8, 4) is 0 Å². The maximum Gasteiger partial charge on any atom is 0.229 e. The number of carbonyl (C=O) groups is 1. The maximum absolute atomic E-state index is 12.3. The number of oxime groups is 1. The summed E-state index contributed by atoms with van der Waals surface area (Å²) in [5.74, 6) is 0.186. The molecule has 0 fully saturated rings. The molecule has 1 aromatic carbocycles. The van der Waals surface area contributed by atoms with Gasteiger partial charge in [0.1, 0.15) is 12.3 Å². The first-order valence-electron chi connectivity index (χ1n) is 6.45. The highest BCUT2D eigenvalue weighted by Crippen LogP contribution is 2.28. The fourth-order valence-electron chi connectivity index (χ4n) is 2.18. The number of benzene rings is 1. The van der Waals surface area contributed by atoms with Gasteiger partial charge in [0.15, 0.2) is 5.76 Å². The zero-order chi connectivity index (χ0) is 13.9. The second kappa shape index (κ2) is 5.30. The zero-order valence-corrected chi connectivity index (χ0v) is 10.8. The minimum Gasteiger partial charge on any atom is -0.460 e. The molecule has 0 amide bonds. The summed E-state index contributed by atoms with van der Waals surface area (Å²) in [5.41, 5.74) is 8.05. The molecule has 0 saturated carbocycles. The summed E-state index contributed by atoms with van der Waals surface area (Å²) in [6.45, 7) is 1.00. The first-order chi connectivity index (χ1) is 9.83. The van der Waals surface area contributed by atoms with Crippen molar-refractivity contribution in [2.24, 2.45) is 10.9 Å². The van der Waals surface area contributed by atoms with E-state index in [1.165, 1.54) is 6.26 Å². The van der Waals surface area contributed by atoms with Gasteiger partial charge in [-0.05, 0) is 19.0 Å². The van der Waals surface area contributed by atoms with Crippen molar-refractivity contribution >= 4 is 11.5 Å². The Morgan fingerprint density at radius 1 is 1.15 bits per heavy atom. The summed E-state index contributed by atoms with van der Waals surface area (Å²) in [6.07, 6.45) is 2.22. The van der Waals surface area contributed by atoms with Gasteiger partial charge in [0.25, 0.3) is 0 Å². The predicted octanol–water partition coefficient (Wildman–Crippen LogP) is 1.94. The second-order valence-electron chi connectivity index (χ2n) is 4.45. The Balaban J connectivity index is 2.03. The number of ketones is 1. The van der Waals surface area contributed by atoms with Crippen LogP contribution in [0, 0.1) is 0 Å². The normalized spacial score (nSPS) is 15.1. The van der Waals surface area contributed by atoms with E-state index in [0.29, 0.717) is 35.8 Å². The van der Waals surface area contributed by atoms with Gasteiger partial charge in [0.05, 0.1) is 11.8 Å². The molecule has 2 N–H and O–H groups in total. The monoisotopic (exact) mass is 270 g/mol. The van der Waals surface area contributed by atoms with E-state index in [1.807, 2.05) is 18.2 Å². The predicted molar refractivity (Wildman–Crippen MR) is 73.8 cm³/mol. The molecule has 0 bridgehead atoms. The summed E-state index contributed by atoms with van der Waals surface area (Å²) >= 11 is 0. The number of carbonyl (C=O) groups excluding carboxylic acids is 1. The SMILES string of the molecule is NCCCO/N=C1/c2ccccc2C(=O)c2occc21. The Morgan fingerprint density at radius 3 is 2.75 bits per heavy atom. The van der Waals surface area contributed by atoms with Crippen molar-refractivity contribution in [3.63, 3.8) is 0 Å². The lowest BCUT2D eigenvalue weighted by molar-refractivity contribution is 0.101. The standard InChI is InChI=1S/C15H14N2O3/c16-7-3-8-20-17-13-10-4-1-2-5-11(10)14(18)15-12(13)6-9-19-15/h1-2,4-6,9H,3,7-8,16H2/b17-13-. The summed E-state index contributed by atoms with van der Waals surface area (Å²) in [5, 5.41) is 4.16. The fraction of sp³-hybridized carbons (Fsp3) is 0.200. The topological polar surface area (TPSA) is 77.8 Å². The summed E-state index contributed by atoms with van der Waals surface area (Å²) < 4.78 is 5.28. The van der Waals surface area contributed by atoms with Gasteiger partial charge in [0.2, 0.25) is 5.78 Å². The van der Waals surface area contributed by atoms with Crippen LogP contribution in [0.5, 0.6) is 0 Å². The molecule has 1 aliphatic carbocycles. The molecule has 0 saturated heterocycles. The maximum atomic E-state index is 12.3. The van der Waals surface area contributed by atoms with Crippen LogP contribution in [0.15, 0.2) is 46.2 Å². The Morgan fingerprint density at radius 2 is 1.95 bits per heavy atom. The van der Waals surface area contributed by atoms with Crippen molar-refractivity contribution < 1.29 is 14.0 Å². The highest BCUT2D eigenvalue weighted by molar-refractivity contribution is 6.28. The van der Waals surface area contributed by atoms with Gasteiger partial charge in [-0.2, -0.15) is 0 Å². The van der Waals surface area contributed by atoms with Gasteiger partial charge in [-0.1, -0.05) is 29.4 Å². The van der Waals surface area contributed by atoms with Gasteiger partial charge in [0, 0.05) is 11.1 Å². The van der Waals surface area contributed by atoms with E-state index in [-0.39, 0.29) is 5.78 Å². The van der Waals surface area contributed by atoms with Gasteiger partial charge in [-0.3, -0.25) is 4.79 Å². The van der Waals surface area contributed by atoms with Crippen LogP contribution in [0.1, 0.15) is 33.7 Å². The Kier molecular flexibility index (Phi) is 3.35. The van der Waals surface area contributed by atoms with Crippen LogP contribution >= 0.6 is 0 Å². The molecule has 1 heterocycles. The van der Waals surface area contributed by atoms with Crippen molar-refractivity contribution in [1.29, 1.82) is 0 Å². The lowest BCUT2D eigenvalue weighted by atomic mass is 9.88. The minimum atomic E-state index is -0.124. The second-order valence-corrected chi connectivity index (χ2v) is 4.45. The number of fused-ring (bicyclic) bond motifs is 2. The van der Waals surface area contributed by atoms with Crippen molar-refractivity contribution in [2.75, 3.05) is 13.2 Å². The van der Waals surface area contributed by atoms with Crippen molar-refractivity contribution in [3.05, 3.63) is 59.0 Å². The molecule has 2 aromatic rings. The van der Waals surface area contributed by atoms with Crippen LogP contribution in [0.2, 0.25) is 0 Å². The van der Waals surface area contributed by atoms with E-state index in [2.05, 4.69) is 5.16 Å². The lowest BCUT2D eigenvalue weighted by Gasteiger charge is -2.15. The van der Waals surface area contributed by atoms with Gasteiger partial charge < -0.3 is 15.0 Å². The van der Waals surface area contributed by atoms with Gasteiger partial charge >= 0.3 is 0 Å². The van der Waals surface area contributed by atoms with Gasteiger partial charge in [-0.15, -0.1) is 0 Å². The third-order valence-corrected chi connectivity index (χ3v) is 3.15. The molecule has 0 spiro atoms. The van der Waals surface area contributed by atoms with Crippen LogP contribution in [0.25, 0.3) is 0 Å². The van der Waals surface area contributed by atoms with Crippen molar-refractivity contribution in [1.82, 2.24) is 0 Å². The molecule has 0 radical (unpaired) electrons. The van der Waals surface area contributed by atoms with Crippen LogP contribution in [0.3, 0.4) is 0 Å². The molecule has 0 aliphatic heterocycles. The number of nitrogens with zero attached hydrogens (tertiary/aromatic N) is 1. The van der Waals surface area contributed by atoms with Gasteiger partial charge in [-0.25, -0.2) is 0 Å². The highest BCUT2D eigenvalue weighted by atomic mass is 16.6. The third-order valence-electron chi connectivity index (χ3n) is 3.15. The molecule has 0 atom stereocenters. The molecular weight excluding hydrogens is 256 g/mol. The lowest BCUT2D eigenvalue weighted by Crippen LogP contribution is -2.20. The van der Waals surface area contributed by atoms with E-state index in [4.69, 9.17) is 15.0 Å². The molecule has 1 aromatic heterocycles. The van der Waals surface area contributed by atoms with E-state index in [1.54, 1.807) is 12.1 Å². The molecule has 102 valence electrons. The average molecular weight is 270 g/mol. The Bertz CT molecular complexity index is 673. The first kappa shape index (κ1) is 12.6. The largest absolute Gasteiger partial charge is 0.460 e. The number of hydrogen-bond acceptors (Lipinski definition) is 5. The number of furan rings is 1.